The van der Waals surface area contributed by atoms with Crippen LogP contribution in [0.3, 0.4) is 0 Å². The van der Waals surface area contributed by atoms with E-state index in [1.165, 1.54) is 12.1 Å². The number of hydrogen-bond acceptors (Lipinski definition) is 2. The van der Waals surface area contributed by atoms with Gasteiger partial charge >= 0.3 is 0 Å². The van der Waals surface area contributed by atoms with Crippen LogP contribution in [0.2, 0.25) is 0 Å². The number of amides is 1. The molecule has 2 rings (SSSR count). The van der Waals surface area contributed by atoms with Crippen LogP contribution in [-0.4, -0.2) is 5.91 Å². The Kier molecular flexibility index (Phi) is 6.41. The Hall–Kier alpha value is -2.74. The largest absolute Gasteiger partial charge is 0.369 e. The quantitative estimate of drug-likeness (QED) is 0.906. The Morgan fingerprint density at radius 1 is 0.920 bits per heavy atom. The molecule has 1 amide bonds. The van der Waals surface area contributed by atoms with Gasteiger partial charge < -0.3 is 5.73 Å². The van der Waals surface area contributed by atoms with Gasteiger partial charge in [0, 0.05) is 11.1 Å². The van der Waals surface area contributed by atoms with Crippen molar-refractivity contribution in [2.45, 2.75) is 38.5 Å². The molecule has 0 saturated heterocycles. The third-order valence-electron chi connectivity index (χ3n) is 3.99. The molecule has 0 aliphatic carbocycles. The summed E-state index contributed by atoms with van der Waals surface area (Å²) < 4.78 is 26.4. The summed E-state index contributed by atoms with van der Waals surface area (Å²) in [5.74, 6) is -1.24. The summed E-state index contributed by atoms with van der Waals surface area (Å²) in [6.07, 6.45) is 0. The average Bonchev–Trinajstić information content (AvgIpc) is 2.55. The van der Waals surface area contributed by atoms with Crippen LogP contribution < -0.4 is 5.73 Å². The second kappa shape index (κ2) is 7.89. The molecular weight excluding hydrogens is 322 g/mol. The zero-order chi connectivity index (χ0) is 19.3. The van der Waals surface area contributed by atoms with Crippen LogP contribution in [0.25, 0.3) is 0 Å². The third kappa shape index (κ3) is 4.87. The monoisotopic (exact) mass is 344 g/mol. The number of halogens is 2. The molecule has 5 heteroatoms. The Morgan fingerprint density at radius 2 is 1.32 bits per heavy atom. The van der Waals surface area contributed by atoms with E-state index in [0.29, 0.717) is 11.1 Å². The van der Waals surface area contributed by atoms with Crippen LogP contribution in [0.1, 0.15) is 38.8 Å². The van der Waals surface area contributed by atoms with Gasteiger partial charge in [-0.05, 0) is 39.8 Å². The topological polar surface area (TPSA) is 66.9 Å². The molecule has 0 fully saturated rings. The molecule has 0 atom stereocenters. The first-order valence-electron chi connectivity index (χ1n) is 7.75. The van der Waals surface area contributed by atoms with Crippen molar-refractivity contribution in [3.63, 3.8) is 0 Å². The minimum atomic E-state index is -0.953. The zero-order valence-electron chi connectivity index (χ0n) is 14.8. The SMILES string of the molecule is CC(C)(C#N)c1ccccc1F.CC(C)(C(N)=O)c1ccccc1F. The molecule has 2 aromatic carbocycles. The minimum Gasteiger partial charge on any atom is -0.369 e. The molecule has 0 spiro atoms. The van der Waals surface area contributed by atoms with Gasteiger partial charge in [-0.1, -0.05) is 36.4 Å². The summed E-state index contributed by atoms with van der Waals surface area (Å²) in [7, 11) is 0. The average molecular weight is 344 g/mol. The van der Waals surface area contributed by atoms with Gasteiger partial charge in [0.05, 0.1) is 16.9 Å². The molecule has 0 saturated carbocycles. The molecule has 3 nitrogen and oxygen atoms in total. The number of primary amides is 1. The molecule has 0 radical (unpaired) electrons. The molecule has 0 unspecified atom stereocenters. The molecule has 0 aromatic heterocycles. The lowest BCUT2D eigenvalue weighted by Gasteiger charge is -2.21. The van der Waals surface area contributed by atoms with Crippen molar-refractivity contribution in [2.24, 2.45) is 5.73 Å². The van der Waals surface area contributed by atoms with Crippen molar-refractivity contribution in [2.75, 3.05) is 0 Å². The van der Waals surface area contributed by atoms with E-state index >= 15 is 0 Å². The van der Waals surface area contributed by atoms with Crippen LogP contribution >= 0.6 is 0 Å². The molecule has 2 aromatic rings. The molecule has 25 heavy (non-hydrogen) atoms. The van der Waals surface area contributed by atoms with Crippen LogP contribution in [-0.2, 0) is 15.6 Å². The first kappa shape index (κ1) is 20.3. The standard InChI is InChI=1S/C10H12FNO.C10H10FN/c1-10(2,9(12)13)7-5-3-4-6-8(7)11;1-10(2,7-12)8-5-3-4-6-9(8)11/h3-6H,1-2H3,(H2,12,13);3-6H,1-2H3. The summed E-state index contributed by atoms with van der Waals surface area (Å²) in [5, 5.41) is 8.76. The van der Waals surface area contributed by atoms with Crippen molar-refractivity contribution in [3.8, 4) is 6.07 Å². The van der Waals surface area contributed by atoms with Crippen molar-refractivity contribution in [1.29, 1.82) is 5.26 Å². The molecule has 132 valence electrons. The lowest BCUT2D eigenvalue weighted by molar-refractivity contribution is -0.122. The summed E-state index contributed by atoms with van der Waals surface area (Å²) in [5.41, 5.74) is 4.25. The smallest absolute Gasteiger partial charge is 0.227 e. The van der Waals surface area contributed by atoms with E-state index in [1.807, 2.05) is 0 Å². The van der Waals surface area contributed by atoms with Gasteiger partial charge in [-0.2, -0.15) is 5.26 Å². The van der Waals surface area contributed by atoms with E-state index in [1.54, 1.807) is 64.1 Å². The third-order valence-corrected chi connectivity index (χ3v) is 3.99. The van der Waals surface area contributed by atoms with Gasteiger partial charge in [0.1, 0.15) is 11.6 Å². The number of nitrogens with zero attached hydrogens (tertiary/aromatic N) is 1. The molecule has 0 heterocycles. The van der Waals surface area contributed by atoms with Crippen molar-refractivity contribution >= 4 is 5.91 Å². The summed E-state index contributed by atoms with van der Waals surface area (Å²) in [6, 6.07) is 14.6. The van der Waals surface area contributed by atoms with Crippen molar-refractivity contribution in [3.05, 3.63) is 71.3 Å². The summed E-state index contributed by atoms with van der Waals surface area (Å²) >= 11 is 0. The van der Waals surface area contributed by atoms with E-state index in [2.05, 4.69) is 6.07 Å². The Labute approximate surface area is 147 Å². The lowest BCUT2D eigenvalue weighted by Crippen LogP contribution is -2.36. The van der Waals surface area contributed by atoms with E-state index < -0.39 is 22.6 Å². The fourth-order valence-corrected chi connectivity index (χ4v) is 2.13. The summed E-state index contributed by atoms with van der Waals surface area (Å²) in [4.78, 5) is 11.0. The molecule has 0 aliphatic heterocycles. The van der Waals surface area contributed by atoms with E-state index in [-0.39, 0.29) is 5.82 Å². The highest BCUT2D eigenvalue weighted by atomic mass is 19.1. The Morgan fingerprint density at radius 3 is 1.68 bits per heavy atom. The number of benzene rings is 2. The van der Waals surface area contributed by atoms with Crippen LogP contribution in [0, 0.1) is 23.0 Å². The maximum absolute atomic E-state index is 13.2. The van der Waals surface area contributed by atoms with Crippen molar-refractivity contribution < 1.29 is 13.6 Å². The second-order valence-electron chi connectivity index (χ2n) is 6.69. The van der Waals surface area contributed by atoms with Gasteiger partial charge in [-0.15, -0.1) is 0 Å². The maximum Gasteiger partial charge on any atom is 0.227 e. The number of nitrogens with two attached hydrogens (primary N) is 1. The summed E-state index contributed by atoms with van der Waals surface area (Å²) in [6.45, 7) is 6.61. The predicted molar refractivity (Wildman–Crippen MR) is 93.7 cm³/mol. The Bertz CT molecular complexity index is 792. The molecule has 0 bridgehead atoms. The van der Waals surface area contributed by atoms with Crippen LogP contribution in [0.4, 0.5) is 8.78 Å². The van der Waals surface area contributed by atoms with Gasteiger partial charge in [-0.25, -0.2) is 8.78 Å². The predicted octanol–water partition coefficient (Wildman–Crippen LogP) is 4.22. The Balaban J connectivity index is 0.000000251. The van der Waals surface area contributed by atoms with Crippen LogP contribution in [0.15, 0.2) is 48.5 Å². The molecule has 2 N–H and O–H groups in total. The van der Waals surface area contributed by atoms with Gasteiger partial charge in [0.2, 0.25) is 5.91 Å². The normalized spacial score (nSPS) is 11.1. The highest BCUT2D eigenvalue weighted by molar-refractivity contribution is 5.85. The van der Waals surface area contributed by atoms with Gasteiger partial charge in [0.15, 0.2) is 0 Å². The lowest BCUT2D eigenvalue weighted by atomic mass is 9.84. The number of nitriles is 1. The first-order valence-corrected chi connectivity index (χ1v) is 7.75. The highest BCUT2D eigenvalue weighted by Crippen LogP contribution is 2.25. The van der Waals surface area contributed by atoms with Crippen molar-refractivity contribution in [1.82, 2.24) is 0 Å². The fourth-order valence-electron chi connectivity index (χ4n) is 2.13. The first-order chi connectivity index (χ1) is 11.5. The maximum atomic E-state index is 13.2. The molecular formula is C20H22F2N2O. The second-order valence-corrected chi connectivity index (χ2v) is 6.69. The minimum absolute atomic E-state index is 0.316. The van der Waals surface area contributed by atoms with E-state index in [4.69, 9.17) is 11.0 Å². The highest BCUT2D eigenvalue weighted by Gasteiger charge is 2.29. The van der Waals surface area contributed by atoms with E-state index in [0.717, 1.165) is 0 Å². The molecule has 0 aliphatic rings. The van der Waals surface area contributed by atoms with Gasteiger partial charge in [-0.3, -0.25) is 4.79 Å². The number of carbonyl (C=O) groups excluding carboxylic acids is 1. The number of hydrogen-bond donors (Lipinski definition) is 1. The fraction of sp³-hybridized carbons (Fsp3) is 0.300. The zero-order valence-corrected chi connectivity index (χ0v) is 14.8. The number of carbonyl (C=O) groups is 1. The van der Waals surface area contributed by atoms with Gasteiger partial charge in [0.25, 0.3) is 0 Å². The number of rotatable bonds is 3. The van der Waals surface area contributed by atoms with Crippen LogP contribution in [0.5, 0.6) is 0 Å². The van der Waals surface area contributed by atoms with E-state index in [9.17, 15) is 13.6 Å².